The predicted octanol–water partition coefficient (Wildman–Crippen LogP) is 4.06. The summed E-state index contributed by atoms with van der Waals surface area (Å²) in [5, 5.41) is 0.229. The van der Waals surface area contributed by atoms with Crippen LogP contribution in [-0.4, -0.2) is 31.0 Å². The van der Waals surface area contributed by atoms with Gasteiger partial charge in [-0.25, -0.2) is 8.42 Å². The number of fused-ring (bicyclic) bond motifs is 1. The van der Waals surface area contributed by atoms with Gasteiger partial charge in [0.15, 0.2) is 9.84 Å². The van der Waals surface area contributed by atoms with Gasteiger partial charge in [0.2, 0.25) is 0 Å². The van der Waals surface area contributed by atoms with Gasteiger partial charge in [-0.1, -0.05) is 44.7 Å². The first kappa shape index (κ1) is 17.7. The predicted molar refractivity (Wildman–Crippen MR) is 95.1 cm³/mol. The van der Waals surface area contributed by atoms with Gasteiger partial charge in [0, 0.05) is 18.2 Å². The van der Waals surface area contributed by atoms with Gasteiger partial charge >= 0.3 is 0 Å². The van der Waals surface area contributed by atoms with E-state index in [1.807, 2.05) is 18.7 Å². The summed E-state index contributed by atoms with van der Waals surface area (Å²) in [6.07, 6.45) is 5.60. The molecule has 1 heterocycles. The Balaban J connectivity index is 1.93. The summed E-state index contributed by atoms with van der Waals surface area (Å²) in [6, 6.07) is 3.44. The lowest BCUT2D eigenvalue weighted by Crippen LogP contribution is -2.36. The van der Waals surface area contributed by atoms with Crippen molar-refractivity contribution >= 4 is 27.3 Å². The fourth-order valence-corrected chi connectivity index (χ4v) is 6.04. The van der Waals surface area contributed by atoms with Crippen molar-refractivity contribution in [2.75, 3.05) is 5.75 Å². The standard InChI is InChI=1S/C18H24ClNO3S/c1-12(2)11-24(22,23)17-9-15-13(8-16(17)19)10-20(18(15)21)14-6-4-3-5-7-14/h8-9,12,14H,3-7,10-11H2,1-2H3. The molecule has 0 N–H and O–H groups in total. The van der Waals surface area contributed by atoms with E-state index in [-0.39, 0.29) is 33.5 Å². The van der Waals surface area contributed by atoms with Crippen LogP contribution < -0.4 is 0 Å². The molecule has 1 saturated carbocycles. The third-order valence-corrected chi connectivity index (χ3v) is 7.43. The lowest BCUT2D eigenvalue weighted by atomic mass is 9.94. The molecule has 3 rings (SSSR count). The molecule has 0 bridgehead atoms. The van der Waals surface area contributed by atoms with E-state index in [0.29, 0.717) is 12.1 Å². The lowest BCUT2D eigenvalue weighted by Gasteiger charge is -2.30. The van der Waals surface area contributed by atoms with Crippen LogP contribution in [0.4, 0.5) is 0 Å². The van der Waals surface area contributed by atoms with Gasteiger partial charge in [-0.05, 0) is 36.5 Å². The molecule has 1 aromatic carbocycles. The highest BCUT2D eigenvalue weighted by molar-refractivity contribution is 7.91. The van der Waals surface area contributed by atoms with Gasteiger partial charge in [0.1, 0.15) is 0 Å². The van der Waals surface area contributed by atoms with Crippen LogP contribution in [0.15, 0.2) is 17.0 Å². The van der Waals surface area contributed by atoms with Crippen molar-refractivity contribution < 1.29 is 13.2 Å². The second kappa shape index (κ2) is 6.68. The Hall–Kier alpha value is -1.07. The van der Waals surface area contributed by atoms with Crippen LogP contribution >= 0.6 is 11.6 Å². The average Bonchev–Trinajstić information content (AvgIpc) is 2.82. The molecule has 1 aliphatic carbocycles. The molecule has 4 nitrogen and oxygen atoms in total. The van der Waals surface area contributed by atoms with Crippen LogP contribution in [0, 0.1) is 5.92 Å². The van der Waals surface area contributed by atoms with Crippen LogP contribution in [-0.2, 0) is 16.4 Å². The van der Waals surface area contributed by atoms with Crippen LogP contribution in [0.2, 0.25) is 5.02 Å². The Bertz CT molecular complexity index is 752. The molecule has 0 aromatic heterocycles. The van der Waals surface area contributed by atoms with E-state index in [1.54, 1.807) is 6.07 Å². The Morgan fingerprint density at radius 3 is 2.50 bits per heavy atom. The summed E-state index contributed by atoms with van der Waals surface area (Å²) >= 11 is 6.25. The second-order valence-corrected chi connectivity index (χ2v) is 9.75. The quantitative estimate of drug-likeness (QED) is 0.804. The van der Waals surface area contributed by atoms with Crippen LogP contribution in [0.25, 0.3) is 0 Å². The molecule has 24 heavy (non-hydrogen) atoms. The minimum Gasteiger partial charge on any atom is -0.331 e. The van der Waals surface area contributed by atoms with E-state index in [4.69, 9.17) is 11.6 Å². The van der Waals surface area contributed by atoms with Gasteiger partial charge in [0.05, 0.1) is 15.7 Å². The van der Waals surface area contributed by atoms with Crippen molar-refractivity contribution in [3.05, 3.63) is 28.3 Å². The van der Waals surface area contributed by atoms with E-state index in [9.17, 15) is 13.2 Å². The molecule has 1 aliphatic heterocycles. The SMILES string of the molecule is CC(C)CS(=O)(=O)c1cc2c(cc1Cl)CN(C1CCCCC1)C2=O. The zero-order valence-corrected chi connectivity index (χ0v) is 15.8. The third-order valence-electron chi connectivity index (χ3n) is 4.89. The van der Waals surface area contributed by atoms with Gasteiger partial charge < -0.3 is 4.90 Å². The number of carbonyl (C=O) groups is 1. The average molecular weight is 370 g/mol. The van der Waals surface area contributed by atoms with Crippen molar-refractivity contribution in [3.8, 4) is 0 Å². The molecule has 1 fully saturated rings. The summed E-state index contributed by atoms with van der Waals surface area (Å²) in [4.78, 5) is 14.8. The van der Waals surface area contributed by atoms with Gasteiger partial charge in [-0.15, -0.1) is 0 Å². The maximum atomic E-state index is 12.8. The highest BCUT2D eigenvalue weighted by atomic mass is 35.5. The molecule has 0 radical (unpaired) electrons. The number of benzene rings is 1. The monoisotopic (exact) mass is 369 g/mol. The number of hydrogen-bond acceptors (Lipinski definition) is 3. The number of amides is 1. The Morgan fingerprint density at radius 2 is 1.88 bits per heavy atom. The number of rotatable bonds is 4. The first-order valence-corrected chi connectivity index (χ1v) is 10.7. The number of hydrogen-bond donors (Lipinski definition) is 0. The molecular weight excluding hydrogens is 346 g/mol. The zero-order chi connectivity index (χ0) is 17.5. The molecule has 0 spiro atoms. The molecule has 1 aromatic rings. The summed E-state index contributed by atoms with van der Waals surface area (Å²) < 4.78 is 25.1. The first-order chi connectivity index (χ1) is 11.3. The summed E-state index contributed by atoms with van der Waals surface area (Å²) in [7, 11) is -3.48. The Labute approximate surface area is 149 Å². The van der Waals surface area contributed by atoms with E-state index in [2.05, 4.69) is 0 Å². The summed E-state index contributed by atoms with van der Waals surface area (Å²) in [5.41, 5.74) is 1.35. The van der Waals surface area contributed by atoms with E-state index in [0.717, 1.165) is 31.2 Å². The Kier molecular flexibility index (Phi) is 4.94. The minimum absolute atomic E-state index is 0.00811. The first-order valence-electron chi connectivity index (χ1n) is 8.65. The summed E-state index contributed by atoms with van der Waals surface area (Å²) in [5.74, 6) is -0.00482. The van der Waals surface area contributed by atoms with Crippen LogP contribution in [0.1, 0.15) is 61.9 Å². The van der Waals surface area contributed by atoms with Gasteiger partial charge in [0.25, 0.3) is 5.91 Å². The summed E-state index contributed by atoms with van der Waals surface area (Å²) in [6.45, 7) is 4.26. The molecule has 132 valence electrons. The number of sulfone groups is 1. The number of carbonyl (C=O) groups excluding carboxylic acids is 1. The van der Waals surface area contributed by atoms with E-state index in [1.165, 1.54) is 12.5 Å². The molecular formula is C18H24ClNO3S. The zero-order valence-electron chi connectivity index (χ0n) is 14.2. The molecule has 0 unspecified atom stereocenters. The van der Waals surface area contributed by atoms with Crippen LogP contribution in [0.5, 0.6) is 0 Å². The van der Waals surface area contributed by atoms with Crippen molar-refractivity contribution in [1.82, 2.24) is 4.90 Å². The van der Waals surface area contributed by atoms with E-state index >= 15 is 0 Å². The number of halogens is 1. The highest BCUT2D eigenvalue weighted by Crippen LogP contribution is 2.35. The molecule has 2 aliphatic rings. The largest absolute Gasteiger partial charge is 0.331 e. The molecule has 6 heteroatoms. The van der Waals surface area contributed by atoms with Gasteiger partial charge in [-0.3, -0.25) is 4.79 Å². The lowest BCUT2D eigenvalue weighted by molar-refractivity contribution is 0.0660. The maximum Gasteiger partial charge on any atom is 0.254 e. The fourth-order valence-electron chi connectivity index (χ4n) is 3.79. The van der Waals surface area contributed by atoms with Crippen LogP contribution in [0.3, 0.4) is 0 Å². The fraction of sp³-hybridized carbons (Fsp3) is 0.611. The van der Waals surface area contributed by atoms with Crippen molar-refractivity contribution in [2.24, 2.45) is 5.92 Å². The van der Waals surface area contributed by atoms with Crippen molar-refractivity contribution in [3.63, 3.8) is 0 Å². The highest BCUT2D eigenvalue weighted by Gasteiger charge is 2.35. The topological polar surface area (TPSA) is 54.5 Å². The van der Waals surface area contributed by atoms with Gasteiger partial charge in [-0.2, -0.15) is 0 Å². The molecule has 1 amide bonds. The minimum atomic E-state index is -3.48. The smallest absolute Gasteiger partial charge is 0.254 e. The normalized spacial score (nSPS) is 19.2. The van der Waals surface area contributed by atoms with Crippen molar-refractivity contribution in [1.29, 1.82) is 0 Å². The van der Waals surface area contributed by atoms with Crippen molar-refractivity contribution in [2.45, 2.75) is 63.4 Å². The second-order valence-electron chi connectivity index (χ2n) is 7.34. The third kappa shape index (κ3) is 3.33. The van der Waals surface area contributed by atoms with E-state index < -0.39 is 9.84 Å². The maximum absolute atomic E-state index is 12.8. The Morgan fingerprint density at radius 1 is 1.21 bits per heavy atom. The molecule has 0 saturated heterocycles. The molecule has 0 atom stereocenters. The number of nitrogens with zero attached hydrogens (tertiary/aromatic N) is 1.